The summed E-state index contributed by atoms with van der Waals surface area (Å²) in [6.07, 6.45) is 1.55. The van der Waals surface area contributed by atoms with Gasteiger partial charge >= 0.3 is 0 Å². The van der Waals surface area contributed by atoms with E-state index in [9.17, 15) is 13.2 Å². The zero-order valence-electron chi connectivity index (χ0n) is 11.8. The molecule has 1 aromatic carbocycles. The van der Waals surface area contributed by atoms with Crippen LogP contribution in [-0.4, -0.2) is 33.7 Å². The maximum atomic E-state index is 11.9. The molecule has 0 aliphatic rings. The van der Waals surface area contributed by atoms with E-state index in [2.05, 4.69) is 21.2 Å². The molecule has 0 spiro atoms. The molecule has 20 heavy (non-hydrogen) atoms. The van der Waals surface area contributed by atoms with Gasteiger partial charge in [-0.2, -0.15) is 0 Å². The predicted molar refractivity (Wildman–Crippen MR) is 84.4 cm³/mol. The van der Waals surface area contributed by atoms with Crippen molar-refractivity contribution in [3.8, 4) is 0 Å². The summed E-state index contributed by atoms with van der Waals surface area (Å²) in [6, 6.07) is 5.41. The van der Waals surface area contributed by atoms with Gasteiger partial charge in [0.15, 0.2) is 0 Å². The molecule has 1 N–H and O–H groups in total. The minimum atomic E-state index is -3.39. The highest BCUT2D eigenvalue weighted by atomic mass is 79.9. The Labute approximate surface area is 128 Å². The predicted octanol–water partition coefficient (Wildman–Crippen LogP) is 2.05. The largest absolute Gasteiger partial charge is 0.354 e. The highest BCUT2D eigenvalue weighted by Crippen LogP contribution is 2.25. The molecule has 112 valence electrons. The van der Waals surface area contributed by atoms with Crippen LogP contribution in [0, 0.1) is 6.92 Å². The normalized spacial score (nSPS) is 11.2. The quantitative estimate of drug-likeness (QED) is 0.841. The van der Waals surface area contributed by atoms with Crippen LogP contribution in [0.15, 0.2) is 22.7 Å². The van der Waals surface area contributed by atoms with Crippen LogP contribution in [0.25, 0.3) is 0 Å². The lowest BCUT2D eigenvalue weighted by Gasteiger charge is -2.24. The van der Waals surface area contributed by atoms with Crippen molar-refractivity contribution in [2.75, 3.05) is 23.7 Å². The van der Waals surface area contributed by atoms with E-state index in [0.717, 1.165) is 16.3 Å². The third-order valence-corrected chi connectivity index (χ3v) is 4.46. The van der Waals surface area contributed by atoms with E-state index in [-0.39, 0.29) is 19.0 Å². The molecule has 7 heteroatoms. The van der Waals surface area contributed by atoms with Crippen molar-refractivity contribution in [3.05, 3.63) is 28.2 Å². The molecular weight excluding hydrogens is 344 g/mol. The average molecular weight is 363 g/mol. The molecule has 0 radical (unpaired) electrons. The summed E-state index contributed by atoms with van der Waals surface area (Å²) >= 11 is 3.35. The van der Waals surface area contributed by atoms with Crippen LogP contribution in [0.1, 0.15) is 18.9 Å². The number of hydrogen-bond acceptors (Lipinski definition) is 3. The number of anilines is 1. The molecule has 0 fully saturated rings. The van der Waals surface area contributed by atoms with Gasteiger partial charge in [0.2, 0.25) is 15.9 Å². The number of nitrogens with one attached hydrogen (secondary N) is 1. The minimum Gasteiger partial charge on any atom is -0.354 e. The first-order valence-electron chi connectivity index (χ1n) is 6.26. The van der Waals surface area contributed by atoms with Gasteiger partial charge in [-0.3, -0.25) is 9.10 Å². The standard InChI is InChI=1S/C13H19BrN2O3S/c1-4-13(17)15-7-8-16(20(3,18)19)12-6-5-11(14)9-10(12)2/h5-6,9H,4,7-8H2,1-3H3,(H,15,17). The summed E-state index contributed by atoms with van der Waals surface area (Å²) in [5.74, 6) is -0.0917. The first-order valence-corrected chi connectivity index (χ1v) is 8.90. The van der Waals surface area contributed by atoms with Gasteiger partial charge in [-0.15, -0.1) is 0 Å². The number of amides is 1. The number of sulfonamides is 1. The zero-order chi connectivity index (χ0) is 15.3. The van der Waals surface area contributed by atoms with E-state index < -0.39 is 10.0 Å². The van der Waals surface area contributed by atoms with E-state index in [1.165, 1.54) is 4.31 Å². The van der Waals surface area contributed by atoms with Gasteiger partial charge < -0.3 is 5.32 Å². The van der Waals surface area contributed by atoms with E-state index >= 15 is 0 Å². The molecule has 0 aliphatic heterocycles. The first kappa shape index (κ1) is 17.0. The van der Waals surface area contributed by atoms with Crippen molar-refractivity contribution in [3.63, 3.8) is 0 Å². The van der Waals surface area contributed by atoms with Crippen molar-refractivity contribution in [1.29, 1.82) is 0 Å². The molecule has 1 aromatic rings. The van der Waals surface area contributed by atoms with Crippen LogP contribution >= 0.6 is 15.9 Å². The molecular formula is C13H19BrN2O3S. The Morgan fingerprint density at radius 1 is 1.40 bits per heavy atom. The monoisotopic (exact) mass is 362 g/mol. The third-order valence-electron chi connectivity index (χ3n) is 2.79. The number of benzene rings is 1. The summed E-state index contributed by atoms with van der Waals surface area (Å²) in [7, 11) is -3.39. The molecule has 1 amide bonds. The fourth-order valence-corrected chi connectivity index (χ4v) is 3.25. The number of halogens is 1. The maximum absolute atomic E-state index is 11.9. The number of nitrogens with zero attached hydrogens (tertiary/aromatic N) is 1. The van der Waals surface area contributed by atoms with Crippen LogP contribution in [-0.2, 0) is 14.8 Å². The van der Waals surface area contributed by atoms with Crippen LogP contribution in [0.3, 0.4) is 0 Å². The number of carbonyl (C=O) groups is 1. The highest BCUT2D eigenvalue weighted by Gasteiger charge is 2.19. The lowest BCUT2D eigenvalue weighted by atomic mass is 10.2. The Hall–Kier alpha value is -1.08. The number of aryl methyl sites for hydroxylation is 1. The lowest BCUT2D eigenvalue weighted by Crippen LogP contribution is -2.38. The van der Waals surface area contributed by atoms with Crippen molar-refractivity contribution in [2.45, 2.75) is 20.3 Å². The second kappa shape index (κ2) is 7.08. The molecule has 0 heterocycles. The zero-order valence-corrected chi connectivity index (χ0v) is 14.2. The van der Waals surface area contributed by atoms with Gasteiger partial charge in [0, 0.05) is 17.4 Å². The van der Waals surface area contributed by atoms with Crippen molar-refractivity contribution in [1.82, 2.24) is 5.32 Å². The number of carbonyl (C=O) groups excluding carboxylic acids is 1. The van der Waals surface area contributed by atoms with Crippen molar-refractivity contribution >= 4 is 37.5 Å². The summed E-state index contributed by atoms with van der Waals surface area (Å²) in [6.45, 7) is 4.10. The molecule has 0 atom stereocenters. The second-order valence-corrected chi connectivity index (χ2v) is 7.29. The Balaban J connectivity index is 2.93. The summed E-state index contributed by atoms with van der Waals surface area (Å²) in [5.41, 5.74) is 1.48. The average Bonchev–Trinajstić information content (AvgIpc) is 2.34. The summed E-state index contributed by atoms with van der Waals surface area (Å²) < 4.78 is 26.0. The number of hydrogen-bond donors (Lipinski definition) is 1. The van der Waals surface area contributed by atoms with Crippen LogP contribution in [0.4, 0.5) is 5.69 Å². The number of rotatable bonds is 6. The van der Waals surface area contributed by atoms with Crippen LogP contribution in [0.2, 0.25) is 0 Å². The smallest absolute Gasteiger partial charge is 0.232 e. The molecule has 5 nitrogen and oxygen atoms in total. The fourth-order valence-electron chi connectivity index (χ4n) is 1.79. The van der Waals surface area contributed by atoms with Crippen molar-refractivity contribution < 1.29 is 13.2 Å². The Kier molecular flexibility index (Phi) is 6.01. The first-order chi connectivity index (χ1) is 9.25. The van der Waals surface area contributed by atoms with E-state index in [1.54, 1.807) is 19.1 Å². The van der Waals surface area contributed by atoms with Crippen molar-refractivity contribution in [2.24, 2.45) is 0 Å². The Morgan fingerprint density at radius 2 is 2.05 bits per heavy atom. The second-order valence-electron chi connectivity index (χ2n) is 4.47. The molecule has 0 saturated carbocycles. The van der Waals surface area contributed by atoms with E-state index in [0.29, 0.717) is 12.1 Å². The lowest BCUT2D eigenvalue weighted by molar-refractivity contribution is -0.120. The van der Waals surface area contributed by atoms with Gasteiger partial charge in [0.25, 0.3) is 0 Å². The molecule has 0 bridgehead atoms. The van der Waals surface area contributed by atoms with E-state index in [4.69, 9.17) is 0 Å². The van der Waals surface area contributed by atoms with Gasteiger partial charge in [0.05, 0.1) is 18.5 Å². The molecule has 1 rings (SSSR count). The Morgan fingerprint density at radius 3 is 2.55 bits per heavy atom. The highest BCUT2D eigenvalue weighted by molar-refractivity contribution is 9.10. The fraction of sp³-hybridized carbons (Fsp3) is 0.462. The molecule has 0 aromatic heterocycles. The van der Waals surface area contributed by atoms with Crippen LogP contribution in [0.5, 0.6) is 0 Å². The van der Waals surface area contributed by atoms with Gasteiger partial charge in [-0.05, 0) is 30.7 Å². The van der Waals surface area contributed by atoms with Gasteiger partial charge in [-0.25, -0.2) is 8.42 Å². The molecule has 0 unspecified atom stereocenters. The molecule has 0 aliphatic carbocycles. The summed E-state index contributed by atoms with van der Waals surface area (Å²) in [5, 5.41) is 2.68. The van der Waals surface area contributed by atoms with E-state index in [1.807, 2.05) is 13.0 Å². The van der Waals surface area contributed by atoms with Crippen LogP contribution < -0.4 is 9.62 Å². The minimum absolute atomic E-state index is 0.0917. The topological polar surface area (TPSA) is 66.5 Å². The summed E-state index contributed by atoms with van der Waals surface area (Å²) in [4.78, 5) is 11.2. The van der Waals surface area contributed by atoms with Gasteiger partial charge in [-0.1, -0.05) is 22.9 Å². The Bertz CT molecular complexity index is 587. The van der Waals surface area contributed by atoms with Gasteiger partial charge in [0.1, 0.15) is 0 Å². The maximum Gasteiger partial charge on any atom is 0.232 e. The third kappa shape index (κ3) is 4.79. The SMILES string of the molecule is CCC(=O)NCCN(c1ccc(Br)cc1C)S(C)(=O)=O. The molecule has 0 saturated heterocycles.